The molecule has 1 aliphatic carbocycles. The maximum atomic E-state index is 6.63. The molecule has 2 unspecified atom stereocenters. The monoisotopic (exact) mass is 502 g/mol. The lowest BCUT2D eigenvalue weighted by Crippen LogP contribution is -2.33. The van der Waals surface area contributed by atoms with Crippen molar-refractivity contribution in [2.75, 3.05) is 0 Å². The first-order valence-corrected chi connectivity index (χ1v) is 14.4. The highest BCUT2D eigenvalue weighted by atomic mass is 14.6. The van der Waals surface area contributed by atoms with Gasteiger partial charge in [0.25, 0.3) is 0 Å². The van der Waals surface area contributed by atoms with Crippen LogP contribution in [0.5, 0.6) is 0 Å². The molecule has 0 bridgehead atoms. The predicted octanol–water partition coefficient (Wildman–Crippen LogP) is 8.45. The first-order chi connectivity index (χ1) is 18.6. The van der Waals surface area contributed by atoms with Crippen LogP contribution in [0.4, 0.5) is 0 Å². The minimum absolute atomic E-state index is 0.0352. The molecule has 1 aliphatic rings. The zero-order valence-electron chi connectivity index (χ0n) is 22.7. The fraction of sp³-hybridized carbons (Fsp3) is 0.333. The van der Waals surface area contributed by atoms with Crippen molar-refractivity contribution in [3.05, 3.63) is 143 Å². The molecule has 196 valence electrons. The number of unbranched alkanes of at least 4 members (excludes halogenated alkanes) is 1. The van der Waals surface area contributed by atoms with E-state index in [4.69, 9.17) is 11.5 Å². The summed E-state index contributed by atoms with van der Waals surface area (Å²) in [5.41, 5.74) is 20.8. The van der Waals surface area contributed by atoms with Gasteiger partial charge in [0.1, 0.15) is 0 Å². The van der Waals surface area contributed by atoms with Crippen LogP contribution >= 0.6 is 0 Å². The molecule has 1 fully saturated rings. The third-order valence-corrected chi connectivity index (χ3v) is 8.89. The summed E-state index contributed by atoms with van der Waals surface area (Å²) in [6.45, 7) is 2.30. The van der Waals surface area contributed by atoms with Crippen molar-refractivity contribution in [3.63, 3.8) is 0 Å². The summed E-state index contributed by atoms with van der Waals surface area (Å²) < 4.78 is 0. The molecule has 0 spiro atoms. The molecule has 0 saturated heterocycles. The van der Waals surface area contributed by atoms with E-state index in [9.17, 15) is 0 Å². The first kappa shape index (κ1) is 26.4. The molecule has 2 heteroatoms. The van der Waals surface area contributed by atoms with E-state index in [1.54, 1.807) is 0 Å². The Balaban J connectivity index is 1.44. The van der Waals surface area contributed by atoms with Crippen LogP contribution in [0.3, 0.4) is 0 Å². The molecule has 5 rings (SSSR count). The van der Waals surface area contributed by atoms with Crippen LogP contribution in [0.1, 0.15) is 97.3 Å². The van der Waals surface area contributed by atoms with Crippen molar-refractivity contribution in [2.24, 2.45) is 17.4 Å². The van der Waals surface area contributed by atoms with Crippen LogP contribution in [0.25, 0.3) is 0 Å². The highest BCUT2D eigenvalue weighted by Gasteiger charge is 2.38. The molecule has 0 heterocycles. The molecule has 4 aromatic carbocycles. The van der Waals surface area contributed by atoms with E-state index in [1.165, 1.54) is 56.1 Å². The zero-order valence-corrected chi connectivity index (χ0v) is 22.7. The second-order valence-electron chi connectivity index (χ2n) is 11.2. The second kappa shape index (κ2) is 12.1. The fourth-order valence-electron chi connectivity index (χ4n) is 6.42. The summed E-state index contributed by atoms with van der Waals surface area (Å²) in [7, 11) is 0. The molecular formula is C36H42N2. The van der Waals surface area contributed by atoms with E-state index >= 15 is 0 Å². The van der Waals surface area contributed by atoms with Crippen molar-refractivity contribution < 1.29 is 0 Å². The molecule has 2 nitrogen and oxygen atoms in total. The maximum Gasteiger partial charge on any atom is 0.0551 e. The van der Waals surface area contributed by atoms with Gasteiger partial charge in [-0.05, 0) is 65.0 Å². The Morgan fingerprint density at radius 3 is 1.39 bits per heavy atom. The van der Waals surface area contributed by atoms with Crippen LogP contribution in [-0.2, 0) is 5.41 Å². The fourth-order valence-corrected chi connectivity index (χ4v) is 6.42. The average molecular weight is 503 g/mol. The third-order valence-electron chi connectivity index (χ3n) is 8.89. The summed E-state index contributed by atoms with van der Waals surface area (Å²) in [6.07, 6.45) is 8.95. The minimum Gasteiger partial charge on any atom is -0.320 e. The van der Waals surface area contributed by atoms with E-state index in [2.05, 4.69) is 104 Å². The number of hydrogen-bond acceptors (Lipinski definition) is 2. The van der Waals surface area contributed by atoms with Gasteiger partial charge in [-0.15, -0.1) is 0 Å². The number of benzene rings is 4. The van der Waals surface area contributed by atoms with E-state index in [1.807, 2.05) is 12.1 Å². The lowest BCUT2D eigenvalue weighted by molar-refractivity contribution is 0.251. The highest BCUT2D eigenvalue weighted by Crippen LogP contribution is 2.48. The largest absolute Gasteiger partial charge is 0.320 e. The lowest BCUT2D eigenvalue weighted by Gasteiger charge is -2.42. The normalized spacial score (nSPS) is 21.1. The Morgan fingerprint density at radius 1 is 0.605 bits per heavy atom. The first-order valence-electron chi connectivity index (χ1n) is 14.4. The Morgan fingerprint density at radius 2 is 1.00 bits per heavy atom. The molecule has 38 heavy (non-hydrogen) atoms. The molecule has 1 saturated carbocycles. The van der Waals surface area contributed by atoms with E-state index in [-0.39, 0.29) is 17.5 Å². The SMILES string of the molecule is CCCCC1CCC(c2ccc(C(N)c3ccccc3)cc2)(c2ccc(C(N)c3ccccc3)cc2)CC1. The Labute approximate surface area is 229 Å². The van der Waals surface area contributed by atoms with Gasteiger partial charge in [-0.25, -0.2) is 0 Å². The number of hydrogen-bond donors (Lipinski definition) is 2. The van der Waals surface area contributed by atoms with Gasteiger partial charge >= 0.3 is 0 Å². The van der Waals surface area contributed by atoms with Crippen molar-refractivity contribution in [3.8, 4) is 0 Å². The van der Waals surface area contributed by atoms with Gasteiger partial charge in [0, 0.05) is 5.41 Å². The second-order valence-corrected chi connectivity index (χ2v) is 11.2. The third kappa shape index (κ3) is 5.62. The van der Waals surface area contributed by atoms with Gasteiger partial charge in [0.2, 0.25) is 0 Å². The van der Waals surface area contributed by atoms with Crippen LogP contribution in [0.15, 0.2) is 109 Å². The summed E-state index contributed by atoms with van der Waals surface area (Å²) in [6, 6.07) is 38.9. The van der Waals surface area contributed by atoms with Crippen LogP contribution in [-0.4, -0.2) is 0 Å². The van der Waals surface area contributed by atoms with Gasteiger partial charge in [0.05, 0.1) is 12.1 Å². The van der Waals surface area contributed by atoms with E-state index in [0.29, 0.717) is 0 Å². The molecular weight excluding hydrogens is 460 g/mol. The van der Waals surface area contributed by atoms with Gasteiger partial charge in [0.15, 0.2) is 0 Å². The molecule has 2 atom stereocenters. The Hall–Kier alpha value is -3.20. The van der Waals surface area contributed by atoms with Crippen LogP contribution in [0, 0.1) is 5.92 Å². The Bertz CT molecular complexity index is 1160. The molecule has 4 aromatic rings. The molecule has 4 N–H and O–H groups in total. The Kier molecular flexibility index (Phi) is 8.42. The van der Waals surface area contributed by atoms with Crippen LogP contribution in [0.2, 0.25) is 0 Å². The smallest absolute Gasteiger partial charge is 0.0551 e. The summed E-state index contributed by atoms with van der Waals surface area (Å²) in [4.78, 5) is 0. The molecule has 0 aromatic heterocycles. The van der Waals surface area contributed by atoms with Gasteiger partial charge in [-0.2, -0.15) is 0 Å². The average Bonchev–Trinajstić information content (AvgIpc) is 3.00. The lowest BCUT2D eigenvalue weighted by atomic mass is 9.62. The highest BCUT2D eigenvalue weighted by molar-refractivity contribution is 5.44. The van der Waals surface area contributed by atoms with Crippen molar-refractivity contribution in [1.29, 1.82) is 0 Å². The van der Waals surface area contributed by atoms with Crippen molar-refractivity contribution in [2.45, 2.75) is 69.4 Å². The summed E-state index contributed by atoms with van der Waals surface area (Å²) in [5.74, 6) is 0.847. The topological polar surface area (TPSA) is 52.0 Å². The molecule has 0 radical (unpaired) electrons. The summed E-state index contributed by atoms with van der Waals surface area (Å²) in [5, 5.41) is 0. The van der Waals surface area contributed by atoms with Gasteiger partial charge in [-0.1, -0.05) is 135 Å². The quantitative estimate of drug-likeness (QED) is 0.241. The minimum atomic E-state index is -0.107. The van der Waals surface area contributed by atoms with Crippen molar-refractivity contribution >= 4 is 0 Å². The van der Waals surface area contributed by atoms with Gasteiger partial charge < -0.3 is 11.5 Å². The molecule has 0 aliphatic heterocycles. The van der Waals surface area contributed by atoms with Crippen molar-refractivity contribution in [1.82, 2.24) is 0 Å². The van der Waals surface area contributed by atoms with Crippen LogP contribution < -0.4 is 11.5 Å². The van der Waals surface area contributed by atoms with Gasteiger partial charge in [-0.3, -0.25) is 0 Å². The summed E-state index contributed by atoms with van der Waals surface area (Å²) >= 11 is 0. The molecule has 0 amide bonds. The maximum absolute atomic E-state index is 6.63. The number of rotatable bonds is 9. The standard InChI is InChI=1S/C36H42N2/c1-2-3-10-27-23-25-36(26-24-27,32-19-15-30(16-20-32)34(37)28-11-6-4-7-12-28)33-21-17-31(18-22-33)35(38)29-13-8-5-9-14-29/h4-9,11-22,27,34-35H,2-3,10,23-26,37-38H2,1H3. The van der Waals surface area contributed by atoms with E-state index < -0.39 is 0 Å². The zero-order chi connectivity index (χ0) is 26.4. The number of nitrogens with two attached hydrogens (primary N) is 2. The predicted molar refractivity (Wildman–Crippen MR) is 160 cm³/mol. The van der Waals surface area contributed by atoms with E-state index in [0.717, 1.165) is 28.2 Å².